The van der Waals surface area contributed by atoms with Crippen LogP contribution in [0.2, 0.25) is 0 Å². The molecule has 1 heterocycles. The third kappa shape index (κ3) is 3.24. The van der Waals surface area contributed by atoms with Gasteiger partial charge in [0.1, 0.15) is 0 Å². The fourth-order valence-corrected chi connectivity index (χ4v) is 2.23. The van der Waals surface area contributed by atoms with Crippen molar-refractivity contribution in [1.29, 1.82) is 0 Å². The van der Waals surface area contributed by atoms with E-state index in [1.54, 1.807) is 25.2 Å². The molecule has 0 bridgehead atoms. The van der Waals surface area contributed by atoms with Gasteiger partial charge in [-0.25, -0.2) is 4.79 Å². The fraction of sp³-hybridized carbons (Fsp3) is 0.429. The number of benzene rings is 1. The lowest BCUT2D eigenvalue weighted by atomic mass is 10.1. The van der Waals surface area contributed by atoms with E-state index in [2.05, 4.69) is 10.6 Å². The summed E-state index contributed by atoms with van der Waals surface area (Å²) in [5.41, 5.74) is 1.10. The van der Waals surface area contributed by atoms with Gasteiger partial charge < -0.3 is 15.5 Å². The Labute approximate surface area is 113 Å². The summed E-state index contributed by atoms with van der Waals surface area (Å²) >= 11 is 0. The number of likely N-dealkylation sites (tertiary alicyclic amines) is 1. The summed E-state index contributed by atoms with van der Waals surface area (Å²) in [7, 11) is 1.55. The summed E-state index contributed by atoms with van der Waals surface area (Å²) in [6, 6.07) is 6.79. The van der Waals surface area contributed by atoms with E-state index in [-0.39, 0.29) is 11.9 Å². The van der Waals surface area contributed by atoms with Crippen LogP contribution in [0.5, 0.6) is 0 Å². The standard InChI is InChI=1S/C14H19N3O2/c1-15-14(19)16-12-8-4-3-7-11(12)13(18)17-9-5-2-6-10-17/h3-4,7-8H,2,5-6,9-10H2,1H3,(H2,15,16,19). The number of para-hydroxylation sites is 1. The molecule has 0 atom stereocenters. The van der Waals surface area contributed by atoms with Crippen LogP contribution in [0.25, 0.3) is 0 Å². The molecule has 1 aromatic carbocycles. The number of carbonyl (C=O) groups excluding carboxylic acids is 2. The number of anilines is 1. The first-order valence-electron chi connectivity index (χ1n) is 6.59. The van der Waals surface area contributed by atoms with Crippen molar-refractivity contribution in [3.63, 3.8) is 0 Å². The Kier molecular flexibility index (Phi) is 4.39. The highest BCUT2D eigenvalue weighted by Gasteiger charge is 2.20. The van der Waals surface area contributed by atoms with Gasteiger partial charge in [0.15, 0.2) is 0 Å². The van der Waals surface area contributed by atoms with Crippen molar-refractivity contribution in [1.82, 2.24) is 10.2 Å². The highest BCUT2D eigenvalue weighted by atomic mass is 16.2. The van der Waals surface area contributed by atoms with Crippen LogP contribution in [0.15, 0.2) is 24.3 Å². The molecule has 0 aliphatic carbocycles. The number of rotatable bonds is 2. The van der Waals surface area contributed by atoms with E-state index < -0.39 is 0 Å². The Morgan fingerprint density at radius 3 is 2.47 bits per heavy atom. The Morgan fingerprint density at radius 2 is 1.79 bits per heavy atom. The monoisotopic (exact) mass is 261 g/mol. The second kappa shape index (κ2) is 6.22. The summed E-state index contributed by atoms with van der Waals surface area (Å²) in [4.78, 5) is 25.7. The van der Waals surface area contributed by atoms with Crippen LogP contribution in [0.1, 0.15) is 29.6 Å². The lowest BCUT2D eigenvalue weighted by Gasteiger charge is -2.27. The van der Waals surface area contributed by atoms with Gasteiger partial charge in [0, 0.05) is 20.1 Å². The molecule has 1 saturated heterocycles. The van der Waals surface area contributed by atoms with Gasteiger partial charge in [-0.15, -0.1) is 0 Å². The molecule has 2 rings (SSSR count). The summed E-state index contributed by atoms with van der Waals surface area (Å²) in [6.07, 6.45) is 3.29. The van der Waals surface area contributed by atoms with Gasteiger partial charge >= 0.3 is 6.03 Å². The van der Waals surface area contributed by atoms with Crippen LogP contribution in [-0.2, 0) is 0 Å². The van der Waals surface area contributed by atoms with Gasteiger partial charge in [-0.1, -0.05) is 12.1 Å². The number of carbonyl (C=O) groups is 2. The average molecular weight is 261 g/mol. The highest BCUT2D eigenvalue weighted by molar-refractivity contribution is 6.03. The molecule has 5 nitrogen and oxygen atoms in total. The molecule has 0 aromatic heterocycles. The van der Waals surface area contributed by atoms with Crippen molar-refractivity contribution in [3.05, 3.63) is 29.8 Å². The second-order valence-electron chi connectivity index (χ2n) is 4.60. The van der Waals surface area contributed by atoms with Crippen LogP contribution in [-0.4, -0.2) is 37.0 Å². The van der Waals surface area contributed by atoms with Gasteiger partial charge in [-0.05, 0) is 31.4 Å². The van der Waals surface area contributed by atoms with E-state index >= 15 is 0 Å². The first-order valence-corrected chi connectivity index (χ1v) is 6.59. The predicted molar refractivity (Wildman–Crippen MR) is 74.3 cm³/mol. The van der Waals surface area contributed by atoms with E-state index in [0.717, 1.165) is 25.9 Å². The fourth-order valence-electron chi connectivity index (χ4n) is 2.23. The molecular weight excluding hydrogens is 242 g/mol. The Balaban J connectivity index is 2.18. The van der Waals surface area contributed by atoms with Crippen LogP contribution < -0.4 is 10.6 Å². The number of hydrogen-bond acceptors (Lipinski definition) is 2. The summed E-state index contributed by atoms with van der Waals surface area (Å²) in [5, 5.41) is 5.17. The molecule has 1 aromatic rings. The van der Waals surface area contributed by atoms with Crippen LogP contribution in [0.3, 0.4) is 0 Å². The maximum absolute atomic E-state index is 12.4. The number of nitrogens with one attached hydrogen (secondary N) is 2. The number of piperidine rings is 1. The van der Waals surface area contributed by atoms with Crippen molar-refractivity contribution < 1.29 is 9.59 Å². The molecular formula is C14H19N3O2. The number of nitrogens with zero attached hydrogens (tertiary/aromatic N) is 1. The minimum Gasteiger partial charge on any atom is -0.341 e. The quantitative estimate of drug-likeness (QED) is 0.856. The molecule has 1 fully saturated rings. The van der Waals surface area contributed by atoms with Gasteiger partial charge in [0.2, 0.25) is 0 Å². The Hall–Kier alpha value is -2.04. The predicted octanol–water partition coefficient (Wildman–Crippen LogP) is 2.06. The summed E-state index contributed by atoms with van der Waals surface area (Å²) < 4.78 is 0. The molecule has 19 heavy (non-hydrogen) atoms. The topological polar surface area (TPSA) is 61.4 Å². The first kappa shape index (κ1) is 13.4. The average Bonchev–Trinajstić information content (AvgIpc) is 2.48. The molecule has 0 spiro atoms. The van der Waals surface area contributed by atoms with E-state index in [0.29, 0.717) is 11.3 Å². The van der Waals surface area contributed by atoms with Crippen molar-refractivity contribution in [2.24, 2.45) is 0 Å². The maximum Gasteiger partial charge on any atom is 0.318 e. The number of amides is 3. The van der Waals surface area contributed by atoms with E-state index in [9.17, 15) is 9.59 Å². The molecule has 1 aliphatic rings. The lowest BCUT2D eigenvalue weighted by Crippen LogP contribution is -2.36. The molecule has 1 aliphatic heterocycles. The van der Waals surface area contributed by atoms with E-state index in [1.165, 1.54) is 6.42 Å². The van der Waals surface area contributed by atoms with Gasteiger partial charge in [0.25, 0.3) is 5.91 Å². The second-order valence-corrected chi connectivity index (χ2v) is 4.60. The third-order valence-corrected chi connectivity index (χ3v) is 3.28. The largest absolute Gasteiger partial charge is 0.341 e. The van der Waals surface area contributed by atoms with E-state index in [4.69, 9.17) is 0 Å². The summed E-state index contributed by atoms with van der Waals surface area (Å²) in [6.45, 7) is 1.60. The zero-order chi connectivity index (χ0) is 13.7. The SMILES string of the molecule is CNC(=O)Nc1ccccc1C(=O)N1CCCCC1. The zero-order valence-electron chi connectivity index (χ0n) is 11.1. The zero-order valence-corrected chi connectivity index (χ0v) is 11.1. The van der Waals surface area contributed by atoms with Gasteiger partial charge in [0.05, 0.1) is 11.3 Å². The van der Waals surface area contributed by atoms with Crippen molar-refractivity contribution >= 4 is 17.6 Å². The maximum atomic E-state index is 12.4. The van der Waals surface area contributed by atoms with Crippen molar-refractivity contribution in [2.45, 2.75) is 19.3 Å². The normalized spacial score (nSPS) is 14.9. The Morgan fingerprint density at radius 1 is 1.11 bits per heavy atom. The number of urea groups is 1. The highest BCUT2D eigenvalue weighted by Crippen LogP contribution is 2.19. The smallest absolute Gasteiger partial charge is 0.318 e. The molecule has 0 unspecified atom stereocenters. The molecule has 102 valence electrons. The molecule has 2 N–H and O–H groups in total. The lowest BCUT2D eigenvalue weighted by molar-refractivity contribution is 0.0725. The molecule has 5 heteroatoms. The summed E-state index contributed by atoms with van der Waals surface area (Å²) in [5.74, 6) is -0.00768. The third-order valence-electron chi connectivity index (χ3n) is 3.28. The van der Waals surface area contributed by atoms with Gasteiger partial charge in [-0.3, -0.25) is 4.79 Å². The minimum atomic E-state index is -0.320. The number of hydrogen-bond donors (Lipinski definition) is 2. The molecule has 0 radical (unpaired) electrons. The van der Waals surface area contributed by atoms with Crippen molar-refractivity contribution in [3.8, 4) is 0 Å². The van der Waals surface area contributed by atoms with E-state index in [1.807, 2.05) is 11.0 Å². The van der Waals surface area contributed by atoms with Crippen LogP contribution in [0, 0.1) is 0 Å². The van der Waals surface area contributed by atoms with Crippen molar-refractivity contribution in [2.75, 3.05) is 25.5 Å². The van der Waals surface area contributed by atoms with Crippen LogP contribution >= 0.6 is 0 Å². The minimum absolute atomic E-state index is 0.00768. The van der Waals surface area contributed by atoms with Crippen LogP contribution in [0.4, 0.5) is 10.5 Å². The molecule has 3 amide bonds. The molecule has 0 saturated carbocycles. The van der Waals surface area contributed by atoms with Gasteiger partial charge in [-0.2, -0.15) is 0 Å². The first-order chi connectivity index (χ1) is 9.22. The Bertz CT molecular complexity index is 468.